The highest BCUT2D eigenvalue weighted by Gasteiger charge is 2.24. The maximum Gasteiger partial charge on any atom is 0.239 e. The van der Waals surface area contributed by atoms with Gasteiger partial charge in [0.25, 0.3) is 0 Å². The topological polar surface area (TPSA) is 70.4 Å². The lowest BCUT2D eigenvalue weighted by atomic mass is 9.86. The van der Waals surface area contributed by atoms with Crippen LogP contribution in [0, 0.1) is 5.92 Å². The molecule has 0 radical (unpaired) electrons. The average Bonchev–Trinajstić information content (AvgIpc) is 2.94. The summed E-state index contributed by atoms with van der Waals surface area (Å²) >= 11 is 0. The van der Waals surface area contributed by atoms with Crippen LogP contribution >= 0.6 is 0 Å². The van der Waals surface area contributed by atoms with Crippen molar-refractivity contribution < 1.29 is 9.90 Å². The Hall–Kier alpha value is -1.40. The van der Waals surface area contributed by atoms with Crippen molar-refractivity contribution in [1.29, 1.82) is 0 Å². The highest BCUT2D eigenvalue weighted by Crippen LogP contribution is 2.26. The Morgan fingerprint density at radius 1 is 1.45 bits per heavy atom. The van der Waals surface area contributed by atoms with Crippen LogP contribution in [0.1, 0.15) is 39.0 Å². The van der Waals surface area contributed by atoms with Gasteiger partial charge in [-0.2, -0.15) is 5.10 Å². The van der Waals surface area contributed by atoms with Crippen molar-refractivity contribution in [3.8, 4) is 0 Å². The number of carbonyl (C=O) groups excluding carboxylic acids is 1. The fourth-order valence-corrected chi connectivity index (χ4v) is 3.14. The first-order chi connectivity index (χ1) is 10.6. The standard InChI is InChI=1S/C16H28N4O2/c1-3-10-20-15(8-9-17-20)18-16(22)11-19(2)14-6-4-13(12-21)5-7-14/h8-9,13-14,21H,3-7,10-12H2,1-2H3,(H,18,22). The Morgan fingerprint density at radius 2 is 2.18 bits per heavy atom. The molecule has 1 fully saturated rings. The van der Waals surface area contributed by atoms with E-state index in [-0.39, 0.29) is 5.91 Å². The summed E-state index contributed by atoms with van der Waals surface area (Å²) in [7, 11) is 2.01. The molecule has 1 aliphatic carbocycles. The normalized spacial score (nSPS) is 22.0. The van der Waals surface area contributed by atoms with Crippen LogP contribution in [0.4, 0.5) is 5.82 Å². The molecule has 0 unspecified atom stereocenters. The highest BCUT2D eigenvalue weighted by molar-refractivity contribution is 5.91. The van der Waals surface area contributed by atoms with Gasteiger partial charge in [0.2, 0.25) is 5.91 Å². The summed E-state index contributed by atoms with van der Waals surface area (Å²) < 4.78 is 1.82. The molecule has 1 saturated carbocycles. The number of hydrogen-bond acceptors (Lipinski definition) is 4. The molecule has 0 saturated heterocycles. The zero-order chi connectivity index (χ0) is 15.9. The summed E-state index contributed by atoms with van der Waals surface area (Å²) in [4.78, 5) is 14.3. The first-order valence-corrected chi connectivity index (χ1v) is 8.26. The molecule has 1 heterocycles. The van der Waals surface area contributed by atoms with E-state index in [1.165, 1.54) is 0 Å². The molecular formula is C16H28N4O2. The number of rotatable bonds is 7. The Kier molecular flexibility index (Phi) is 6.39. The lowest BCUT2D eigenvalue weighted by molar-refractivity contribution is -0.117. The minimum absolute atomic E-state index is 0.00429. The van der Waals surface area contributed by atoms with E-state index in [2.05, 4.69) is 22.2 Å². The molecule has 6 heteroatoms. The third-order valence-electron chi connectivity index (χ3n) is 4.51. The van der Waals surface area contributed by atoms with Gasteiger partial charge in [0.1, 0.15) is 5.82 Å². The van der Waals surface area contributed by atoms with E-state index in [0.717, 1.165) is 44.5 Å². The monoisotopic (exact) mass is 308 g/mol. The molecule has 0 bridgehead atoms. The fraction of sp³-hybridized carbons (Fsp3) is 0.750. The van der Waals surface area contributed by atoms with Crippen molar-refractivity contribution in [2.75, 3.05) is 25.5 Å². The maximum absolute atomic E-state index is 12.2. The van der Waals surface area contributed by atoms with Gasteiger partial charge in [-0.15, -0.1) is 0 Å². The third-order valence-corrected chi connectivity index (χ3v) is 4.51. The van der Waals surface area contributed by atoms with Crippen LogP contribution in [0.3, 0.4) is 0 Å². The molecule has 2 rings (SSSR count). The smallest absolute Gasteiger partial charge is 0.239 e. The van der Waals surface area contributed by atoms with Gasteiger partial charge in [-0.05, 0) is 45.1 Å². The van der Waals surface area contributed by atoms with Crippen molar-refractivity contribution in [3.05, 3.63) is 12.3 Å². The van der Waals surface area contributed by atoms with Gasteiger partial charge in [-0.1, -0.05) is 6.92 Å². The SMILES string of the molecule is CCCn1nccc1NC(=O)CN(C)C1CCC(CO)CC1. The number of likely N-dealkylation sites (N-methyl/N-ethyl adjacent to an activating group) is 1. The molecule has 0 atom stereocenters. The zero-order valence-electron chi connectivity index (χ0n) is 13.7. The van der Waals surface area contributed by atoms with Crippen LogP contribution in [0.2, 0.25) is 0 Å². The van der Waals surface area contributed by atoms with E-state index in [4.69, 9.17) is 0 Å². The van der Waals surface area contributed by atoms with Gasteiger partial charge in [-0.25, -0.2) is 4.68 Å². The number of aryl methyl sites for hydroxylation is 1. The number of nitrogens with one attached hydrogen (secondary N) is 1. The molecule has 1 amide bonds. The molecule has 0 aromatic carbocycles. The Labute approximate surface area is 132 Å². The zero-order valence-corrected chi connectivity index (χ0v) is 13.7. The predicted molar refractivity (Wildman–Crippen MR) is 86.6 cm³/mol. The summed E-state index contributed by atoms with van der Waals surface area (Å²) in [6.07, 6.45) is 6.92. The number of aliphatic hydroxyl groups excluding tert-OH is 1. The van der Waals surface area contributed by atoms with Crippen molar-refractivity contribution in [2.24, 2.45) is 5.92 Å². The molecule has 124 valence electrons. The van der Waals surface area contributed by atoms with Crippen LogP contribution in [-0.4, -0.2) is 51.9 Å². The summed E-state index contributed by atoms with van der Waals surface area (Å²) in [5.74, 6) is 1.22. The van der Waals surface area contributed by atoms with E-state index >= 15 is 0 Å². The molecular weight excluding hydrogens is 280 g/mol. The van der Waals surface area contributed by atoms with Crippen LogP contribution in [0.15, 0.2) is 12.3 Å². The maximum atomic E-state index is 12.2. The summed E-state index contributed by atoms with van der Waals surface area (Å²) in [5.41, 5.74) is 0. The minimum Gasteiger partial charge on any atom is -0.396 e. The van der Waals surface area contributed by atoms with Gasteiger partial charge in [0.15, 0.2) is 0 Å². The summed E-state index contributed by atoms with van der Waals surface area (Å²) in [5, 5.41) is 16.3. The van der Waals surface area contributed by atoms with Gasteiger partial charge >= 0.3 is 0 Å². The number of aliphatic hydroxyl groups is 1. The molecule has 6 nitrogen and oxygen atoms in total. The van der Waals surface area contributed by atoms with E-state index in [1.807, 2.05) is 17.8 Å². The largest absolute Gasteiger partial charge is 0.396 e. The third kappa shape index (κ3) is 4.55. The molecule has 0 spiro atoms. The summed E-state index contributed by atoms with van der Waals surface area (Å²) in [6, 6.07) is 2.27. The Morgan fingerprint density at radius 3 is 2.82 bits per heavy atom. The second-order valence-electron chi connectivity index (χ2n) is 6.26. The van der Waals surface area contributed by atoms with Gasteiger partial charge in [0, 0.05) is 25.3 Å². The fourth-order valence-electron chi connectivity index (χ4n) is 3.14. The van der Waals surface area contributed by atoms with Crippen LogP contribution in [0.5, 0.6) is 0 Å². The lowest BCUT2D eigenvalue weighted by Crippen LogP contribution is -2.40. The van der Waals surface area contributed by atoms with E-state index in [1.54, 1.807) is 6.20 Å². The molecule has 22 heavy (non-hydrogen) atoms. The molecule has 2 N–H and O–H groups in total. The van der Waals surface area contributed by atoms with E-state index in [9.17, 15) is 9.90 Å². The first-order valence-electron chi connectivity index (χ1n) is 8.26. The van der Waals surface area contributed by atoms with Gasteiger partial charge in [0.05, 0.1) is 12.7 Å². The quantitative estimate of drug-likeness (QED) is 0.804. The van der Waals surface area contributed by atoms with Crippen molar-refractivity contribution >= 4 is 11.7 Å². The van der Waals surface area contributed by atoms with E-state index < -0.39 is 0 Å². The Balaban J connectivity index is 1.80. The minimum atomic E-state index is 0.00429. The van der Waals surface area contributed by atoms with Crippen LogP contribution < -0.4 is 5.32 Å². The lowest BCUT2D eigenvalue weighted by Gasteiger charge is -2.33. The number of aromatic nitrogens is 2. The molecule has 1 aliphatic rings. The number of nitrogens with zero attached hydrogens (tertiary/aromatic N) is 3. The average molecular weight is 308 g/mol. The van der Waals surface area contributed by atoms with Crippen LogP contribution in [-0.2, 0) is 11.3 Å². The van der Waals surface area contributed by atoms with Crippen LogP contribution in [0.25, 0.3) is 0 Å². The number of hydrogen-bond donors (Lipinski definition) is 2. The van der Waals surface area contributed by atoms with Crippen molar-refractivity contribution in [2.45, 2.75) is 51.6 Å². The molecule has 1 aromatic rings. The first kappa shape index (κ1) is 17.0. The van der Waals surface area contributed by atoms with Crippen molar-refractivity contribution in [1.82, 2.24) is 14.7 Å². The second-order valence-corrected chi connectivity index (χ2v) is 6.26. The second kappa shape index (κ2) is 8.29. The number of carbonyl (C=O) groups is 1. The number of anilines is 1. The number of amides is 1. The van der Waals surface area contributed by atoms with Gasteiger partial charge in [-0.3, -0.25) is 9.69 Å². The van der Waals surface area contributed by atoms with Crippen molar-refractivity contribution in [3.63, 3.8) is 0 Å². The molecule has 1 aromatic heterocycles. The highest BCUT2D eigenvalue weighted by atomic mass is 16.3. The van der Waals surface area contributed by atoms with Gasteiger partial charge < -0.3 is 10.4 Å². The molecule has 0 aliphatic heterocycles. The van der Waals surface area contributed by atoms with E-state index in [0.29, 0.717) is 25.1 Å². The predicted octanol–water partition coefficient (Wildman–Crippen LogP) is 1.71. The summed E-state index contributed by atoms with van der Waals surface area (Å²) in [6.45, 7) is 3.58. The Bertz CT molecular complexity index is 466.